The van der Waals surface area contributed by atoms with E-state index in [0.29, 0.717) is 24.1 Å². The minimum Gasteiger partial charge on any atom is -0.376 e. The van der Waals surface area contributed by atoms with Crippen LogP contribution in [0.15, 0.2) is 48.9 Å². The first kappa shape index (κ1) is 19.2. The van der Waals surface area contributed by atoms with Crippen molar-refractivity contribution in [1.29, 1.82) is 0 Å². The van der Waals surface area contributed by atoms with E-state index >= 15 is 0 Å². The first-order chi connectivity index (χ1) is 14.7. The summed E-state index contributed by atoms with van der Waals surface area (Å²) < 4.78 is 7.99. The first-order valence-corrected chi connectivity index (χ1v) is 10.7. The maximum absolute atomic E-state index is 12.7. The third-order valence-electron chi connectivity index (χ3n) is 6.35. The molecule has 2 N–H and O–H groups in total. The first-order valence-electron chi connectivity index (χ1n) is 10.7. The fourth-order valence-corrected chi connectivity index (χ4v) is 4.61. The van der Waals surface area contributed by atoms with Crippen molar-refractivity contribution < 1.29 is 9.53 Å². The summed E-state index contributed by atoms with van der Waals surface area (Å²) in [7, 11) is 0. The maximum atomic E-state index is 12.7. The average Bonchev–Trinajstić information content (AvgIpc) is 3.37. The molecule has 0 bridgehead atoms. The van der Waals surface area contributed by atoms with Gasteiger partial charge < -0.3 is 19.9 Å². The summed E-state index contributed by atoms with van der Waals surface area (Å²) in [6.07, 6.45) is 6.83. The Morgan fingerprint density at radius 1 is 1.23 bits per heavy atom. The van der Waals surface area contributed by atoms with Crippen molar-refractivity contribution in [3.8, 4) is 0 Å². The number of carbonyl (C=O) groups excluding carboxylic acids is 1. The third kappa shape index (κ3) is 3.95. The molecule has 1 aromatic carbocycles. The Kier molecular flexibility index (Phi) is 5.23. The topological polar surface area (TPSA) is 81.1 Å². The molecule has 2 aliphatic rings. The predicted molar refractivity (Wildman–Crippen MR) is 114 cm³/mol. The number of carbonyl (C=O) groups is 1. The molecule has 7 nitrogen and oxygen atoms in total. The highest BCUT2D eigenvalue weighted by molar-refractivity contribution is 5.96. The van der Waals surface area contributed by atoms with E-state index < -0.39 is 0 Å². The largest absolute Gasteiger partial charge is 0.376 e. The summed E-state index contributed by atoms with van der Waals surface area (Å²) >= 11 is 0. The molecule has 7 heteroatoms. The van der Waals surface area contributed by atoms with Gasteiger partial charge in [-0.05, 0) is 49.4 Å². The van der Waals surface area contributed by atoms with Crippen molar-refractivity contribution in [3.63, 3.8) is 0 Å². The van der Waals surface area contributed by atoms with E-state index in [0.717, 1.165) is 50.1 Å². The normalized spacial score (nSPS) is 20.6. The highest BCUT2D eigenvalue weighted by atomic mass is 16.5. The van der Waals surface area contributed by atoms with Crippen molar-refractivity contribution in [2.75, 3.05) is 26.2 Å². The van der Waals surface area contributed by atoms with Gasteiger partial charge in [-0.1, -0.05) is 30.3 Å². The van der Waals surface area contributed by atoms with Crippen molar-refractivity contribution in [1.82, 2.24) is 25.2 Å². The van der Waals surface area contributed by atoms with Crippen LogP contribution in [-0.4, -0.2) is 52.8 Å². The van der Waals surface area contributed by atoms with Crippen LogP contribution < -0.4 is 10.6 Å². The van der Waals surface area contributed by atoms with E-state index in [-0.39, 0.29) is 12.0 Å². The lowest BCUT2D eigenvalue weighted by molar-refractivity contribution is 0.0781. The van der Waals surface area contributed by atoms with Crippen LogP contribution in [0.5, 0.6) is 0 Å². The second-order valence-corrected chi connectivity index (χ2v) is 8.52. The molecule has 2 fully saturated rings. The standard InChI is InChI=1S/C23H27N5O2/c29-22(26-13-19-11-23(15-30-19)6-8-24-9-7-23)18-10-20-21(25-12-18)28(16-27-20)14-17-4-2-1-3-5-17/h1-5,10,12,16,19,24H,6-9,11,13-15H2,(H,26,29). The van der Waals surface area contributed by atoms with Crippen LogP contribution in [0.1, 0.15) is 35.2 Å². The number of ether oxygens (including phenoxy) is 1. The number of fused-ring (bicyclic) bond motifs is 1. The molecular weight excluding hydrogens is 378 g/mol. The van der Waals surface area contributed by atoms with E-state index in [4.69, 9.17) is 4.74 Å². The molecule has 1 unspecified atom stereocenters. The number of imidazole rings is 1. The predicted octanol–water partition coefficient (Wildman–Crippen LogP) is 2.37. The molecule has 4 heterocycles. The Hall–Kier alpha value is -2.77. The van der Waals surface area contributed by atoms with Crippen molar-refractivity contribution in [2.45, 2.75) is 31.9 Å². The van der Waals surface area contributed by atoms with E-state index in [1.807, 2.05) is 28.8 Å². The molecule has 1 amide bonds. The number of nitrogens with one attached hydrogen (secondary N) is 2. The third-order valence-corrected chi connectivity index (χ3v) is 6.35. The van der Waals surface area contributed by atoms with Crippen LogP contribution in [0.4, 0.5) is 0 Å². The van der Waals surface area contributed by atoms with Crippen LogP contribution >= 0.6 is 0 Å². The lowest BCUT2D eigenvalue weighted by atomic mass is 9.77. The number of aromatic nitrogens is 3. The number of rotatable bonds is 5. The summed E-state index contributed by atoms with van der Waals surface area (Å²) in [5, 5.41) is 6.43. The molecule has 0 saturated carbocycles. The zero-order chi connectivity index (χ0) is 20.4. The SMILES string of the molecule is O=C(NCC1CC2(CCNCC2)CO1)c1cnc2c(c1)ncn2Cc1ccccc1. The van der Waals surface area contributed by atoms with Gasteiger partial charge in [0.15, 0.2) is 5.65 Å². The maximum Gasteiger partial charge on any atom is 0.253 e. The van der Waals surface area contributed by atoms with Gasteiger partial charge >= 0.3 is 0 Å². The zero-order valence-electron chi connectivity index (χ0n) is 17.0. The summed E-state index contributed by atoms with van der Waals surface area (Å²) in [4.78, 5) is 21.6. The molecule has 156 valence electrons. The molecular formula is C23H27N5O2. The van der Waals surface area contributed by atoms with Crippen LogP contribution in [0.25, 0.3) is 11.2 Å². The fraction of sp³-hybridized carbons (Fsp3) is 0.435. The van der Waals surface area contributed by atoms with Gasteiger partial charge in [0.05, 0.1) is 31.1 Å². The molecule has 0 radical (unpaired) electrons. The minimum atomic E-state index is -0.128. The van der Waals surface area contributed by atoms with Crippen LogP contribution in [0.3, 0.4) is 0 Å². The summed E-state index contributed by atoms with van der Waals surface area (Å²) in [5.74, 6) is -0.128. The lowest BCUT2D eigenvalue weighted by Crippen LogP contribution is -2.38. The molecule has 1 spiro atoms. The number of benzene rings is 1. The highest BCUT2D eigenvalue weighted by Crippen LogP contribution is 2.40. The summed E-state index contributed by atoms with van der Waals surface area (Å²) in [6.45, 7) is 4.17. The number of hydrogen-bond acceptors (Lipinski definition) is 5. The minimum absolute atomic E-state index is 0.0915. The number of nitrogens with zero attached hydrogens (tertiary/aromatic N) is 3. The number of amides is 1. The van der Waals surface area contributed by atoms with E-state index in [1.54, 1.807) is 12.5 Å². The van der Waals surface area contributed by atoms with Gasteiger partial charge in [-0.3, -0.25) is 4.79 Å². The molecule has 5 rings (SSSR count). The molecule has 30 heavy (non-hydrogen) atoms. The van der Waals surface area contributed by atoms with Gasteiger partial charge in [0, 0.05) is 12.7 Å². The van der Waals surface area contributed by atoms with Crippen molar-refractivity contribution >= 4 is 17.1 Å². The zero-order valence-corrected chi connectivity index (χ0v) is 17.0. The fourth-order valence-electron chi connectivity index (χ4n) is 4.61. The van der Waals surface area contributed by atoms with Gasteiger partial charge in [-0.25, -0.2) is 9.97 Å². The summed E-state index contributed by atoms with van der Waals surface area (Å²) in [5.41, 5.74) is 3.52. The van der Waals surface area contributed by atoms with Crippen LogP contribution in [0, 0.1) is 5.41 Å². The second kappa shape index (κ2) is 8.16. The average molecular weight is 406 g/mol. The molecule has 2 aliphatic heterocycles. The Morgan fingerprint density at radius 3 is 2.90 bits per heavy atom. The van der Waals surface area contributed by atoms with Crippen LogP contribution in [-0.2, 0) is 11.3 Å². The molecule has 2 aromatic heterocycles. The van der Waals surface area contributed by atoms with E-state index in [2.05, 4.69) is 32.7 Å². The van der Waals surface area contributed by atoms with Gasteiger partial charge in [0.2, 0.25) is 0 Å². The quantitative estimate of drug-likeness (QED) is 0.681. The Labute approximate surface area is 175 Å². The van der Waals surface area contributed by atoms with E-state index in [1.165, 1.54) is 5.56 Å². The Balaban J connectivity index is 1.21. The molecule has 3 aromatic rings. The van der Waals surface area contributed by atoms with Crippen molar-refractivity contribution in [3.05, 3.63) is 60.0 Å². The number of piperidine rings is 1. The van der Waals surface area contributed by atoms with Gasteiger partial charge in [-0.2, -0.15) is 0 Å². The van der Waals surface area contributed by atoms with Gasteiger partial charge in [0.25, 0.3) is 5.91 Å². The van der Waals surface area contributed by atoms with Crippen molar-refractivity contribution in [2.24, 2.45) is 5.41 Å². The Bertz CT molecular complexity index is 1030. The van der Waals surface area contributed by atoms with Crippen LogP contribution in [0.2, 0.25) is 0 Å². The lowest BCUT2D eigenvalue weighted by Gasteiger charge is -2.32. The second-order valence-electron chi connectivity index (χ2n) is 8.52. The summed E-state index contributed by atoms with van der Waals surface area (Å²) in [6, 6.07) is 12.0. The monoisotopic (exact) mass is 405 g/mol. The molecule has 1 atom stereocenters. The van der Waals surface area contributed by atoms with Gasteiger partial charge in [-0.15, -0.1) is 0 Å². The smallest absolute Gasteiger partial charge is 0.253 e. The van der Waals surface area contributed by atoms with E-state index in [9.17, 15) is 4.79 Å². The molecule has 0 aliphatic carbocycles. The number of pyridine rings is 1. The number of hydrogen-bond donors (Lipinski definition) is 2. The highest BCUT2D eigenvalue weighted by Gasteiger charge is 2.40. The molecule has 2 saturated heterocycles. The van der Waals surface area contributed by atoms with Gasteiger partial charge in [0.1, 0.15) is 5.52 Å². The Morgan fingerprint density at radius 2 is 2.07 bits per heavy atom.